The van der Waals surface area contributed by atoms with Crippen LogP contribution in [-0.2, 0) is 4.74 Å². The molecule has 4 heteroatoms. The van der Waals surface area contributed by atoms with Gasteiger partial charge in [0, 0.05) is 20.3 Å². The Balaban J connectivity index is 3.71. The van der Waals surface area contributed by atoms with Gasteiger partial charge in [0.25, 0.3) is 0 Å². The minimum Gasteiger partial charge on any atom is -0.394 e. The molecule has 0 rings (SSSR count). The van der Waals surface area contributed by atoms with Gasteiger partial charge in [0.2, 0.25) is 0 Å². The van der Waals surface area contributed by atoms with Crippen LogP contribution in [0.25, 0.3) is 0 Å². The zero-order chi connectivity index (χ0) is 10.3. The van der Waals surface area contributed by atoms with Gasteiger partial charge in [-0.3, -0.25) is 0 Å². The van der Waals surface area contributed by atoms with Crippen LogP contribution >= 0.6 is 0 Å². The molecule has 0 aliphatic carbocycles. The summed E-state index contributed by atoms with van der Waals surface area (Å²) in [7, 11) is 1.66. The summed E-state index contributed by atoms with van der Waals surface area (Å²) < 4.78 is 4.97. The van der Waals surface area contributed by atoms with Crippen molar-refractivity contribution in [1.29, 1.82) is 0 Å². The topological polar surface area (TPSA) is 61.7 Å². The number of hydrogen-bond acceptors (Lipinski definition) is 4. The highest BCUT2D eigenvalue weighted by atomic mass is 16.5. The van der Waals surface area contributed by atoms with Crippen molar-refractivity contribution in [2.45, 2.75) is 19.4 Å². The molecule has 0 saturated heterocycles. The molecule has 1 atom stereocenters. The molecule has 0 spiro atoms. The van der Waals surface area contributed by atoms with E-state index in [9.17, 15) is 0 Å². The predicted octanol–water partition coefficient (Wildman–Crippen LogP) is -0.398. The van der Waals surface area contributed by atoms with Gasteiger partial charge in [-0.15, -0.1) is 0 Å². The maximum absolute atomic E-state index is 8.97. The predicted molar refractivity (Wildman–Crippen MR) is 51.6 cm³/mol. The SMILES string of the molecule is COCC(C)CNC(C)(CO)CO. The molecule has 80 valence electrons. The van der Waals surface area contributed by atoms with Gasteiger partial charge in [-0.05, 0) is 12.8 Å². The monoisotopic (exact) mass is 191 g/mol. The first-order valence-corrected chi connectivity index (χ1v) is 4.53. The highest BCUT2D eigenvalue weighted by molar-refractivity contribution is 4.81. The lowest BCUT2D eigenvalue weighted by Crippen LogP contribution is -2.50. The third-order valence-corrected chi connectivity index (χ3v) is 2.03. The molecule has 1 unspecified atom stereocenters. The zero-order valence-corrected chi connectivity index (χ0v) is 8.71. The van der Waals surface area contributed by atoms with Gasteiger partial charge in [-0.25, -0.2) is 0 Å². The molecule has 13 heavy (non-hydrogen) atoms. The van der Waals surface area contributed by atoms with E-state index in [1.807, 2.05) is 6.92 Å². The average molecular weight is 191 g/mol. The Morgan fingerprint density at radius 1 is 1.38 bits per heavy atom. The van der Waals surface area contributed by atoms with Crippen molar-refractivity contribution in [3.05, 3.63) is 0 Å². The first kappa shape index (κ1) is 12.8. The molecule has 4 nitrogen and oxygen atoms in total. The maximum Gasteiger partial charge on any atom is 0.0633 e. The lowest BCUT2D eigenvalue weighted by Gasteiger charge is -2.27. The van der Waals surface area contributed by atoms with Crippen LogP contribution in [0.3, 0.4) is 0 Å². The largest absolute Gasteiger partial charge is 0.394 e. The Morgan fingerprint density at radius 3 is 2.31 bits per heavy atom. The van der Waals surface area contributed by atoms with E-state index < -0.39 is 5.54 Å². The molecule has 0 aliphatic heterocycles. The zero-order valence-electron chi connectivity index (χ0n) is 8.71. The van der Waals surface area contributed by atoms with Crippen molar-refractivity contribution in [1.82, 2.24) is 5.32 Å². The van der Waals surface area contributed by atoms with Crippen molar-refractivity contribution in [3.8, 4) is 0 Å². The number of aliphatic hydroxyl groups excluding tert-OH is 2. The van der Waals surface area contributed by atoms with Crippen LogP contribution < -0.4 is 5.32 Å². The van der Waals surface area contributed by atoms with Gasteiger partial charge in [-0.1, -0.05) is 6.92 Å². The lowest BCUT2D eigenvalue weighted by atomic mass is 10.0. The average Bonchev–Trinajstić information content (AvgIpc) is 2.15. The van der Waals surface area contributed by atoms with E-state index in [2.05, 4.69) is 5.32 Å². The summed E-state index contributed by atoms with van der Waals surface area (Å²) in [4.78, 5) is 0. The quantitative estimate of drug-likeness (QED) is 0.512. The molecule has 3 N–H and O–H groups in total. The van der Waals surface area contributed by atoms with E-state index in [0.29, 0.717) is 12.5 Å². The van der Waals surface area contributed by atoms with Crippen LogP contribution in [-0.4, -0.2) is 49.2 Å². The summed E-state index contributed by atoms with van der Waals surface area (Å²) in [6, 6.07) is 0. The molecule has 0 bridgehead atoms. The summed E-state index contributed by atoms with van der Waals surface area (Å²) >= 11 is 0. The molecular formula is C9H21NO3. The molecule has 0 aromatic heterocycles. The van der Waals surface area contributed by atoms with E-state index in [1.165, 1.54) is 0 Å². The first-order valence-electron chi connectivity index (χ1n) is 4.53. The molecule has 0 amide bonds. The lowest BCUT2D eigenvalue weighted by molar-refractivity contribution is 0.0923. The Labute approximate surface area is 79.9 Å². The minimum absolute atomic E-state index is 0.0663. The summed E-state index contributed by atoms with van der Waals surface area (Å²) in [6.45, 7) is 5.11. The van der Waals surface area contributed by atoms with Crippen molar-refractivity contribution < 1.29 is 14.9 Å². The van der Waals surface area contributed by atoms with Crippen LogP contribution in [0.15, 0.2) is 0 Å². The Hall–Kier alpha value is -0.160. The van der Waals surface area contributed by atoms with Gasteiger partial charge in [0.1, 0.15) is 0 Å². The maximum atomic E-state index is 8.97. The standard InChI is InChI=1S/C9H21NO3/c1-8(5-13-3)4-10-9(2,6-11)7-12/h8,10-12H,4-7H2,1-3H3. The number of methoxy groups -OCH3 is 1. The van der Waals surface area contributed by atoms with Crippen LogP contribution in [0.4, 0.5) is 0 Å². The van der Waals surface area contributed by atoms with Crippen molar-refractivity contribution >= 4 is 0 Å². The van der Waals surface area contributed by atoms with Crippen molar-refractivity contribution in [2.75, 3.05) is 33.5 Å². The van der Waals surface area contributed by atoms with E-state index in [-0.39, 0.29) is 13.2 Å². The third-order valence-electron chi connectivity index (χ3n) is 2.03. The number of hydrogen-bond donors (Lipinski definition) is 3. The summed E-state index contributed by atoms with van der Waals surface area (Å²) in [5, 5.41) is 21.0. The fourth-order valence-electron chi connectivity index (χ4n) is 0.926. The van der Waals surface area contributed by atoms with Crippen molar-refractivity contribution in [2.24, 2.45) is 5.92 Å². The Bertz CT molecular complexity index is 126. The van der Waals surface area contributed by atoms with Gasteiger partial charge >= 0.3 is 0 Å². The molecule has 0 heterocycles. The number of rotatable bonds is 7. The van der Waals surface area contributed by atoms with Crippen LogP contribution in [0.5, 0.6) is 0 Å². The third kappa shape index (κ3) is 5.21. The van der Waals surface area contributed by atoms with E-state index in [4.69, 9.17) is 14.9 Å². The second kappa shape index (κ2) is 6.32. The second-order valence-electron chi connectivity index (χ2n) is 3.82. The van der Waals surface area contributed by atoms with Gasteiger partial charge in [-0.2, -0.15) is 0 Å². The molecule has 0 aliphatic rings. The fraction of sp³-hybridized carbons (Fsp3) is 1.00. The first-order chi connectivity index (χ1) is 6.08. The molecule has 0 radical (unpaired) electrons. The highest BCUT2D eigenvalue weighted by Crippen LogP contribution is 2.02. The number of aliphatic hydroxyl groups is 2. The van der Waals surface area contributed by atoms with E-state index >= 15 is 0 Å². The van der Waals surface area contributed by atoms with Crippen molar-refractivity contribution in [3.63, 3.8) is 0 Å². The van der Waals surface area contributed by atoms with Gasteiger partial charge in [0.05, 0.1) is 18.8 Å². The van der Waals surface area contributed by atoms with Crippen LogP contribution in [0, 0.1) is 5.92 Å². The van der Waals surface area contributed by atoms with E-state index in [0.717, 1.165) is 6.54 Å². The minimum atomic E-state index is -0.581. The summed E-state index contributed by atoms with van der Waals surface area (Å²) in [5.41, 5.74) is -0.581. The van der Waals surface area contributed by atoms with Crippen LogP contribution in [0.1, 0.15) is 13.8 Å². The van der Waals surface area contributed by atoms with Gasteiger partial charge < -0.3 is 20.3 Å². The molecule has 0 aromatic carbocycles. The molecule has 0 saturated carbocycles. The normalized spacial score (nSPS) is 14.5. The summed E-state index contributed by atoms with van der Waals surface area (Å²) in [6.07, 6.45) is 0. The highest BCUT2D eigenvalue weighted by Gasteiger charge is 2.21. The van der Waals surface area contributed by atoms with Crippen LogP contribution in [0.2, 0.25) is 0 Å². The second-order valence-corrected chi connectivity index (χ2v) is 3.82. The molecule has 0 aromatic rings. The van der Waals surface area contributed by atoms with Gasteiger partial charge in [0.15, 0.2) is 0 Å². The molecule has 0 fully saturated rings. The Morgan fingerprint density at radius 2 is 1.92 bits per heavy atom. The number of ether oxygens (including phenoxy) is 1. The number of nitrogens with one attached hydrogen (secondary N) is 1. The van der Waals surface area contributed by atoms with E-state index in [1.54, 1.807) is 14.0 Å². The summed E-state index contributed by atoms with van der Waals surface area (Å²) in [5.74, 6) is 0.377. The fourth-order valence-corrected chi connectivity index (χ4v) is 0.926. The Kier molecular flexibility index (Phi) is 6.24. The molecular weight excluding hydrogens is 170 g/mol. The smallest absolute Gasteiger partial charge is 0.0633 e.